The van der Waals surface area contributed by atoms with Gasteiger partial charge in [-0.2, -0.15) is 0 Å². The molecule has 14 heavy (non-hydrogen) atoms. The molecule has 1 rings (SSSR count). The molecule has 1 atom stereocenters. The highest BCUT2D eigenvalue weighted by Crippen LogP contribution is 2.20. The first-order chi connectivity index (χ1) is 6.57. The van der Waals surface area contributed by atoms with Crippen LogP contribution in [0.5, 0.6) is 0 Å². The van der Waals surface area contributed by atoms with Gasteiger partial charge in [-0.3, -0.25) is 0 Å². The van der Waals surface area contributed by atoms with Crippen LogP contribution in [0.25, 0.3) is 0 Å². The third-order valence-electron chi connectivity index (χ3n) is 2.12. The molecule has 0 aliphatic heterocycles. The van der Waals surface area contributed by atoms with E-state index in [-0.39, 0.29) is 12.2 Å². The quantitative estimate of drug-likeness (QED) is 0.662. The molecule has 4 heteroatoms. The lowest BCUT2D eigenvalue weighted by atomic mass is 9.96. The second-order valence-electron chi connectivity index (χ2n) is 3.13. The van der Waals surface area contributed by atoms with Gasteiger partial charge in [0.15, 0.2) is 0 Å². The van der Waals surface area contributed by atoms with Gasteiger partial charge in [0, 0.05) is 0 Å². The third-order valence-corrected chi connectivity index (χ3v) is 2.12. The summed E-state index contributed by atoms with van der Waals surface area (Å²) in [4.78, 5) is 10.9. The van der Waals surface area contributed by atoms with E-state index in [0.29, 0.717) is 5.56 Å². The van der Waals surface area contributed by atoms with Gasteiger partial charge >= 0.3 is 5.97 Å². The van der Waals surface area contributed by atoms with Crippen LogP contribution in [0.3, 0.4) is 0 Å². The van der Waals surface area contributed by atoms with Crippen LogP contribution < -0.4 is 5.73 Å². The van der Waals surface area contributed by atoms with Crippen molar-refractivity contribution in [3.05, 3.63) is 34.9 Å². The molecule has 0 saturated carbocycles. The Morgan fingerprint density at radius 2 is 2.21 bits per heavy atom. The zero-order valence-corrected chi connectivity index (χ0v) is 7.90. The summed E-state index contributed by atoms with van der Waals surface area (Å²) in [5, 5.41) is 17.8. The van der Waals surface area contributed by atoms with Crippen molar-refractivity contribution in [2.24, 2.45) is 5.73 Å². The number of nitrogens with two attached hydrogens (primary N) is 1. The topological polar surface area (TPSA) is 83.5 Å². The number of aliphatic hydroxyl groups is 1. The van der Waals surface area contributed by atoms with Crippen LogP contribution in [-0.4, -0.2) is 22.8 Å². The Morgan fingerprint density at radius 3 is 2.71 bits per heavy atom. The van der Waals surface area contributed by atoms with E-state index in [1.165, 1.54) is 6.07 Å². The molecular formula is C10H13NO3. The van der Waals surface area contributed by atoms with E-state index in [4.69, 9.17) is 15.9 Å². The highest BCUT2D eigenvalue weighted by atomic mass is 16.4. The fourth-order valence-corrected chi connectivity index (χ4v) is 1.45. The van der Waals surface area contributed by atoms with Crippen LogP contribution in [0.4, 0.5) is 0 Å². The summed E-state index contributed by atoms with van der Waals surface area (Å²) in [5.74, 6) is -1.02. The highest BCUT2D eigenvalue weighted by Gasteiger charge is 2.16. The summed E-state index contributed by atoms with van der Waals surface area (Å²) in [6.07, 6.45) is 0. The Bertz CT molecular complexity index is 349. The predicted molar refractivity (Wildman–Crippen MR) is 52.2 cm³/mol. The van der Waals surface area contributed by atoms with Gasteiger partial charge < -0.3 is 15.9 Å². The normalized spacial score (nSPS) is 12.5. The lowest BCUT2D eigenvalue weighted by molar-refractivity contribution is 0.0694. The first-order valence-corrected chi connectivity index (χ1v) is 4.27. The van der Waals surface area contributed by atoms with E-state index >= 15 is 0 Å². The van der Waals surface area contributed by atoms with E-state index in [1.54, 1.807) is 19.1 Å². The maximum absolute atomic E-state index is 10.9. The van der Waals surface area contributed by atoms with Gasteiger partial charge in [0.1, 0.15) is 0 Å². The molecule has 1 unspecified atom stereocenters. The Balaban J connectivity index is 3.29. The van der Waals surface area contributed by atoms with E-state index in [9.17, 15) is 4.79 Å². The Hall–Kier alpha value is -1.39. The molecule has 0 spiro atoms. The van der Waals surface area contributed by atoms with Crippen molar-refractivity contribution < 1.29 is 15.0 Å². The van der Waals surface area contributed by atoms with Gasteiger partial charge in [-0.15, -0.1) is 0 Å². The van der Waals surface area contributed by atoms with Gasteiger partial charge in [0.2, 0.25) is 0 Å². The Kier molecular flexibility index (Phi) is 3.22. The van der Waals surface area contributed by atoms with Crippen molar-refractivity contribution in [1.29, 1.82) is 0 Å². The van der Waals surface area contributed by atoms with Crippen molar-refractivity contribution in [2.75, 3.05) is 6.61 Å². The first kappa shape index (κ1) is 10.7. The fourth-order valence-electron chi connectivity index (χ4n) is 1.45. The lowest BCUT2D eigenvalue weighted by Crippen LogP contribution is -2.19. The number of hydrogen-bond acceptors (Lipinski definition) is 3. The number of carbonyl (C=O) groups is 1. The van der Waals surface area contributed by atoms with E-state index in [1.807, 2.05) is 0 Å². The van der Waals surface area contributed by atoms with Crippen molar-refractivity contribution in [3.8, 4) is 0 Å². The number of rotatable bonds is 3. The first-order valence-electron chi connectivity index (χ1n) is 4.27. The number of hydrogen-bond donors (Lipinski definition) is 3. The van der Waals surface area contributed by atoms with Crippen molar-refractivity contribution in [2.45, 2.75) is 13.0 Å². The fraction of sp³-hybridized carbons (Fsp3) is 0.300. The number of carboxylic acid groups (broad SMARTS) is 1. The van der Waals surface area contributed by atoms with Crippen molar-refractivity contribution in [3.63, 3.8) is 0 Å². The second kappa shape index (κ2) is 4.21. The molecule has 0 saturated heterocycles. The zero-order valence-electron chi connectivity index (χ0n) is 7.90. The summed E-state index contributed by atoms with van der Waals surface area (Å²) in [7, 11) is 0. The minimum Gasteiger partial charge on any atom is -0.478 e. The molecule has 0 bridgehead atoms. The van der Waals surface area contributed by atoms with Crippen LogP contribution in [0.2, 0.25) is 0 Å². The van der Waals surface area contributed by atoms with Gasteiger partial charge in [-0.25, -0.2) is 4.79 Å². The molecule has 0 fully saturated rings. The maximum Gasteiger partial charge on any atom is 0.336 e. The molecule has 76 valence electrons. The van der Waals surface area contributed by atoms with Gasteiger partial charge in [0.25, 0.3) is 0 Å². The molecule has 1 aromatic rings. The highest BCUT2D eigenvalue weighted by molar-refractivity contribution is 5.90. The van der Waals surface area contributed by atoms with E-state index < -0.39 is 12.0 Å². The molecule has 0 aliphatic carbocycles. The third kappa shape index (κ3) is 1.92. The zero-order chi connectivity index (χ0) is 10.7. The Morgan fingerprint density at radius 1 is 1.57 bits per heavy atom. The summed E-state index contributed by atoms with van der Waals surface area (Å²) >= 11 is 0. The van der Waals surface area contributed by atoms with Crippen LogP contribution in [0.1, 0.15) is 27.5 Å². The van der Waals surface area contributed by atoms with Crippen molar-refractivity contribution >= 4 is 5.97 Å². The van der Waals surface area contributed by atoms with Crippen LogP contribution >= 0.6 is 0 Å². The summed E-state index contributed by atoms with van der Waals surface area (Å²) in [6, 6.07) is 4.28. The van der Waals surface area contributed by atoms with Crippen LogP contribution in [-0.2, 0) is 0 Å². The van der Waals surface area contributed by atoms with Crippen molar-refractivity contribution in [1.82, 2.24) is 0 Å². The number of aryl methyl sites for hydroxylation is 1. The minimum atomic E-state index is -1.02. The molecule has 0 radical (unpaired) electrons. The second-order valence-corrected chi connectivity index (χ2v) is 3.13. The maximum atomic E-state index is 10.9. The number of aromatic carboxylic acids is 1. The number of aliphatic hydroxyl groups excluding tert-OH is 1. The smallest absolute Gasteiger partial charge is 0.336 e. The molecule has 0 aromatic heterocycles. The molecule has 1 aromatic carbocycles. The lowest BCUT2D eigenvalue weighted by Gasteiger charge is -2.14. The average molecular weight is 195 g/mol. The largest absolute Gasteiger partial charge is 0.478 e. The summed E-state index contributed by atoms with van der Waals surface area (Å²) in [5.41, 5.74) is 7.07. The molecule has 0 aliphatic rings. The molecule has 0 heterocycles. The standard InChI is InChI=1S/C10H13NO3/c1-6-3-2-4-7(10(13)14)9(6)8(11)5-12/h2-4,8,12H,5,11H2,1H3,(H,13,14). The molecule has 4 nitrogen and oxygen atoms in total. The SMILES string of the molecule is Cc1cccc(C(=O)O)c1C(N)CO. The monoisotopic (exact) mass is 195 g/mol. The van der Waals surface area contributed by atoms with Gasteiger partial charge in [-0.05, 0) is 24.1 Å². The summed E-state index contributed by atoms with van der Waals surface area (Å²) < 4.78 is 0. The molecule has 0 amide bonds. The van der Waals surface area contributed by atoms with E-state index in [0.717, 1.165) is 5.56 Å². The average Bonchev–Trinajstić information content (AvgIpc) is 2.16. The number of carboxylic acids is 1. The number of benzene rings is 1. The minimum absolute atomic E-state index is 0.159. The molecular weight excluding hydrogens is 182 g/mol. The van der Waals surface area contributed by atoms with E-state index in [2.05, 4.69) is 0 Å². The van der Waals surface area contributed by atoms with Gasteiger partial charge in [-0.1, -0.05) is 12.1 Å². The van der Waals surface area contributed by atoms with Gasteiger partial charge in [0.05, 0.1) is 18.2 Å². The van der Waals surface area contributed by atoms with Crippen LogP contribution in [0.15, 0.2) is 18.2 Å². The molecule has 4 N–H and O–H groups in total. The Labute approximate surface area is 82.0 Å². The summed E-state index contributed by atoms with van der Waals surface area (Å²) in [6.45, 7) is 1.52. The van der Waals surface area contributed by atoms with Crippen LogP contribution in [0, 0.1) is 6.92 Å². The predicted octanol–water partition coefficient (Wildman–Crippen LogP) is 0.685.